The number of aromatic amines is 1. The van der Waals surface area contributed by atoms with Crippen molar-refractivity contribution in [2.75, 3.05) is 0 Å². The van der Waals surface area contributed by atoms with E-state index in [0.29, 0.717) is 12.1 Å². The quantitative estimate of drug-likeness (QED) is 0.595. The first-order chi connectivity index (χ1) is 12.6. The number of H-pyrrole nitrogens is 1. The number of hydrogen-bond acceptors (Lipinski definition) is 3. The molecule has 0 saturated carbocycles. The Bertz CT molecular complexity index is 1170. The average molecular weight is 346 g/mol. The highest BCUT2D eigenvalue weighted by Crippen LogP contribution is 2.14. The molecule has 0 fully saturated rings. The van der Waals surface area contributed by atoms with E-state index in [-0.39, 0.29) is 17.9 Å². The van der Waals surface area contributed by atoms with Gasteiger partial charge in [-0.3, -0.25) is 9.59 Å². The Balaban J connectivity index is 1.47. The number of imidazole rings is 1. The predicted octanol–water partition coefficient (Wildman–Crippen LogP) is 2.34. The topological polar surface area (TPSA) is 79.3 Å². The van der Waals surface area contributed by atoms with Crippen molar-refractivity contribution >= 4 is 22.3 Å². The van der Waals surface area contributed by atoms with Crippen molar-refractivity contribution in [2.24, 2.45) is 0 Å². The van der Waals surface area contributed by atoms with Gasteiger partial charge < -0.3 is 14.7 Å². The largest absolute Gasteiger partial charge is 0.349 e. The zero-order chi connectivity index (χ0) is 18.1. The van der Waals surface area contributed by atoms with Gasteiger partial charge in [0.25, 0.3) is 5.56 Å². The molecule has 1 aromatic carbocycles. The number of nitrogens with one attached hydrogen (secondary N) is 2. The molecule has 3 heterocycles. The zero-order valence-corrected chi connectivity index (χ0v) is 14.3. The molecule has 4 rings (SSSR count). The minimum Gasteiger partial charge on any atom is -0.349 e. The summed E-state index contributed by atoms with van der Waals surface area (Å²) in [6, 6.07) is 13.3. The van der Waals surface area contributed by atoms with E-state index in [9.17, 15) is 9.59 Å². The minimum absolute atomic E-state index is 0.0711. The second kappa shape index (κ2) is 6.48. The molecule has 130 valence electrons. The van der Waals surface area contributed by atoms with E-state index in [1.165, 1.54) is 0 Å². The molecule has 0 radical (unpaired) electrons. The third-order valence-electron chi connectivity index (χ3n) is 4.42. The third-order valence-corrected chi connectivity index (χ3v) is 4.42. The Morgan fingerprint density at radius 3 is 3.00 bits per heavy atom. The van der Waals surface area contributed by atoms with Crippen molar-refractivity contribution in [1.29, 1.82) is 0 Å². The van der Waals surface area contributed by atoms with Crippen molar-refractivity contribution in [1.82, 2.24) is 19.7 Å². The number of amides is 1. The standard InChI is InChI=1S/C20H18N4O2/c1-13-8-15-9-14(5-6-17(15)23-20(13)26)10-19(25)22-12-18-21-11-16-4-2-3-7-24(16)18/h2-9,11H,10,12H2,1H3,(H,22,25)(H,23,26). The highest BCUT2D eigenvalue weighted by molar-refractivity contribution is 5.83. The van der Waals surface area contributed by atoms with Crippen molar-refractivity contribution in [3.8, 4) is 0 Å². The maximum Gasteiger partial charge on any atom is 0.251 e. The Morgan fingerprint density at radius 1 is 1.23 bits per heavy atom. The fourth-order valence-corrected chi connectivity index (χ4v) is 3.03. The number of nitrogens with zero attached hydrogens (tertiary/aromatic N) is 2. The molecule has 26 heavy (non-hydrogen) atoms. The lowest BCUT2D eigenvalue weighted by atomic mass is 10.1. The molecule has 6 nitrogen and oxygen atoms in total. The number of rotatable bonds is 4. The van der Waals surface area contributed by atoms with Gasteiger partial charge in [0, 0.05) is 17.3 Å². The molecule has 0 bridgehead atoms. The van der Waals surface area contributed by atoms with Gasteiger partial charge in [-0.2, -0.15) is 0 Å². The van der Waals surface area contributed by atoms with Crippen LogP contribution in [0.1, 0.15) is 17.0 Å². The summed E-state index contributed by atoms with van der Waals surface area (Å²) in [6.07, 6.45) is 3.99. The maximum atomic E-state index is 12.3. The number of carbonyl (C=O) groups is 1. The SMILES string of the molecule is Cc1cc2cc(CC(=O)NCc3ncc4ccccn34)ccc2[nH]c1=O. The fraction of sp³-hybridized carbons (Fsp3) is 0.150. The fourth-order valence-electron chi connectivity index (χ4n) is 3.03. The van der Waals surface area contributed by atoms with Crippen LogP contribution in [0.25, 0.3) is 16.4 Å². The smallest absolute Gasteiger partial charge is 0.251 e. The number of fused-ring (bicyclic) bond motifs is 2. The molecular formula is C20H18N4O2. The lowest BCUT2D eigenvalue weighted by Gasteiger charge is -2.07. The van der Waals surface area contributed by atoms with E-state index >= 15 is 0 Å². The summed E-state index contributed by atoms with van der Waals surface area (Å²) in [7, 11) is 0. The molecule has 0 atom stereocenters. The number of carbonyl (C=O) groups excluding carboxylic acids is 1. The first-order valence-corrected chi connectivity index (χ1v) is 8.40. The molecule has 0 aliphatic carbocycles. The summed E-state index contributed by atoms with van der Waals surface area (Å²) in [4.78, 5) is 31.1. The van der Waals surface area contributed by atoms with Gasteiger partial charge in [-0.05, 0) is 48.2 Å². The molecule has 2 N–H and O–H groups in total. The monoisotopic (exact) mass is 346 g/mol. The van der Waals surface area contributed by atoms with E-state index in [0.717, 1.165) is 27.8 Å². The zero-order valence-electron chi connectivity index (χ0n) is 14.3. The van der Waals surface area contributed by atoms with Crippen molar-refractivity contribution < 1.29 is 4.79 Å². The Morgan fingerprint density at radius 2 is 2.12 bits per heavy atom. The maximum absolute atomic E-state index is 12.3. The molecule has 0 saturated heterocycles. The first kappa shape index (κ1) is 16.1. The summed E-state index contributed by atoms with van der Waals surface area (Å²) >= 11 is 0. The van der Waals surface area contributed by atoms with Crippen LogP contribution in [0.3, 0.4) is 0 Å². The summed E-state index contributed by atoms with van der Waals surface area (Å²) < 4.78 is 1.95. The minimum atomic E-state index is -0.0880. The average Bonchev–Trinajstić information content (AvgIpc) is 3.04. The molecule has 0 spiro atoms. The van der Waals surface area contributed by atoms with Gasteiger partial charge in [0.1, 0.15) is 5.82 Å². The molecule has 3 aromatic heterocycles. The summed E-state index contributed by atoms with van der Waals surface area (Å²) in [5, 5.41) is 3.84. The van der Waals surface area contributed by atoms with Crippen LogP contribution in [-0.4, -0.2) is 20.3 Å². The highest BCUT2D eigenvalue weighted by Gasteiger charge is 2.08. The van der Waals surface area contributed by atoms with Gasteiger partial charge in [-0.15, -0.1) is 0 Å². The molecule has 4 aromatic rings. The van der Waals surface area contributed by atoms with Crippen LogP contribution < -0.4 is 10.9 Å². The third kappa shape index (κ3) is 3.09. The van der Waals surface area contributed by atoms with Crippen LogP contribution in [0.2, 0.25) is 0 Å². The van der Waals surface area contributed by atoms with Gasteiger partial charge >= 0.3 is 0 Å². The highest BCUT2D eigenvalue weighted by atomic mass is 16.1. The number of hydrogen-bond donors (Lipinski definition) is 2. The van der Waals surface area contributed by atoms with Gasteiger partial charge in [-0.25, -0.2) is 4.98 Å². The summed E-state index contributed by atoms with van der Waals surface area (Å²) in [5.41, 5.74) is 3.24. The number of benzene rings is 1. The van der Waals surface area contributed by atoms with E-state index in [1.807, 2.05) is 53.1 Å². The Labute approximate surface area is 149 Å². The number of aromatic nitrogens is 3. The van der Waals surface area contributed by atoms with Crippen molar-refractivity contribution in [3.05, 3.63) is 82.2 Å². The predicted molar refractivity (Wildman–Crippen MR) is 100 cm³/mol. The molecule has 0 aliphatic rings. The van der Waals surface area contributed by atoms with Crippen molar-refractivity contribution in [2.45, 2.75) is 19.9 Å². The molecular weight excluding hydrogens is 328 g/mol. The van der Waals surface area contributed by atoms with Crippen LogP contribution in [0.5, 0.6) is 0 Å². The van der Waals surface area contributed by atoms with E-state index in [4.69, 9.17) is 0 Å². The normalized spacial score (nSPS) is 11.1. The Hall–Kier alpha value is -3.41. The number of aryl methyl sites for hydroxylation is 1. The second-order valence-corrected chi connectivity index (χ2v) is 6.33. The number of pyridine rings is 2. The van der Waals surface area contributed by atoms with E-state index < -0.39 is 0 Å². The van der Waals surface area contributed by atoms with Crippen LogP contribution in [0.4, 0.5) is 0 Å². The van der Waals surface area contributed by atoms with Crippen LogP contribution >= 0.6 is 0 Å². The molecule has 0 aliphatic heterocycles. The van der Waals surface area contributed by atoms with E-state index in [1.54, 1.807) is 13.1 Å². The van der Waals surface area contributed by atoms with Crippen LogP contribution in [-0.2, 0) is 17.8 Å². The van der Waals surface area contributed by atoms with Crippen molar-refractivity contribution in [3.63, 3.8) is 0 Å². The summed E-state index contributed by atoms with van der Waals surface area (Å²) in [5.74, 6) is 0.721. The van der Waals surface area contributed by atoms with Crippen LogP contribution in [0.15, 0.2) is 59.7 Å². The van der Waals surface area contributed by atoms with Gasteiger partial charge in [-0.1, -0.05) is 12.1 Å². The molecule has 6 heteroatoms. The van der Waals surface area contributed by atoms with E-state index in [2.05, 4.69) is 15.3 Å². The molecule has 1 amide bonds. The van der Waals surface area contributed by atoms with Gasteiger partial charge in [0.2, 0.25) is 5.91 Å². The summed E-state index contributed by atoms with van der Waals surface area (Å²) in [6.45, 7) is 2.14. The Kier molecular flexibility index (Phi) is 4.01. The lowest BCUT2D eigenvalue weighted by Crippen LogP contribution is -2.25. The molecule has 0 unspecified atom stereocenters. The first-order valence-electron chi connectivity index (χ1n) is 8.40. The van der Waals surface area contributed by atoms with Gasteiger partial charge in [0.15, 0.2) is 0 Å². The lowest BCUT2D eigenvalue weighted by molar-refractivity contribution is -0.120. The van der Waals surface area contributed by atoms with Crippen LogP contribution in [0, 0.1) is 6.92 Å². The van der Waals surface area contributed by atoms with Gasteiger partial charge in [0.05, 0.1) is 24.7 Å². The second-order valence-electron chi connectivity index (χ2n) is 6.33.